The van der Waals surface area contributed by atoms with Gasteiger partial charge in [-0.3, -0.25) is 4.99 Å². The van der Waals surface area contributed by atoms with Crippen LogP contribution in [0.3, 0.4) is 0 Å². The number of para-hydroxylation sites is 1. The van der Waals surface area contributed by atoms with E-state index in [4.69, 9.17) is 4.99 Å². The summed E-state index contributed by atoms with van der Waals surface area (Å²) in [5.41, 5.74) is 6.26. The highest BCUT2D eigenvalue weighted by atomic mass is 14.8. The number of aliphatic imine (C=N–C) groups is 1. The number of nitrogens with zero attached hydrogens (tertiary/aromatic N) is 1. The minimum Gasteiger partial charge on any atom is -0.353 e. The van der Waals surface area contributed by atoms with E-state index >= 15 is 0 Å². The van der Waals surface area contributed by atoms with Crippen LogP contribution in [0.4, 0.5) is 0 Å². The predicted octanol–water partition coefficient (Wildman–Crippen LogP) is 4.12. The summed E-state index contributed by atoms with van der Waals surface area (Å²) in [6.07, 6.45) is 0. The maximum absolute atomic E-state index is 4.71. The molecule has 20 heavy (non-hydrogen) atoms. The van der Waals surface area contributed by atoms with Crippen LogP contribution in [0.15, 0.2) is 59.6 Å². The van der Waals surface area contributed by atoms with E-state index in [2.05, 4.69) is 66.5 Å². The average Bonchev–Trinajstić information content (AvgIpc) is 2.89. The lowest BCUT2D eigenvalue weighted by Crippen LogP contribution is -2.16. The van der Waals surface area contributed by atoms with Crippen LogP contribution in [0.25, 0.3) is 10.9 Å². The van der Waals surface area contributed by atoms with E-state index in [1.54, 1.807) is 0 Å². The van der Waals surface area contributed by atoms with E-state index in [0.29, 0.717) is 5.92 Å². The Morgan fingerprint density at radius 1 is 1.00 bits per heavy atom. The Bertz CT molecular complexity index is 797. The summed E-state index contributed by atoms with van der Waals surface area (Å²) >= 11 is 0. The van der Waals surface area contributed by atoms with Crippen LogP contribution in [-0.2, 0) is 0 Å². The van der Waals surface area contributed by atoms with Crippen molar-refractivity contribution in [2.45, 2.75) is 12.8 Å². The third kappa shape index (κ3) is 1.61. The van der Waals surface area contributed by atoms with Gasteiger partial charge in [-0.1, -0.05) is 48.5 Å². The fourth-order valence-electron chi connectivity index (χ4n) is 3.17. The molecule has 0 amide bonds. The van der Waals surface area contributed by atoms with Crippen molar-refractivity contribution >= 4 is 16.6 Å². The Labute approximate surface area is 118 Å². The number of benzene rings is 2. The van der Waals surface area contributed by atoms with Crippen molar-refractivity contribution in [1.82, 2.24) is 4.98 Å². The number of H-pyrrole nitrogens is 1. The molecule has 1 atom stereocenters. The van der Waals surface area contributed by atoms with E-state index in [0.717, 1.165) is 12.3 Å². The fourth-order valence-corrected chi connectivity index (χ4v) is 3.17. The molecule has 0 bridgehead atoms. The van der Waals surface area contributed by atoms with Gasteiger partial charge in [-0.15, -0.1) is 0 Å². The summed E-state index contributed by atoms with van der Waals surface area (Å²) in [6, 6.07) is 19.2. The third-order valence-corrected chi connectivity index (χ3v) is 4.17. The fraction of sp³-hybridized carbons (Fsp3) is 0.167. The van der Waals surface area contributed by atoms with Gasteiger partial charge in [0.2, 0.25) is 0 Å². The number of nitrogens with one attached hydrogen (secondary N) is 1. The van der Waals surface area contributed by atoms with Crippen molar-refractivity contribution in [1.29, 1.82) is 0 Å². The van der Waals surface area contributed by atoms with E-state index in [1.807, 2.05) is 0 Å². The van der Waals surface area contributed by atoms with Gasteiger partial charge in [-0.05, 0) is 24.1 Å². The highest BCUT2D eigenvalue weighted by Gasteiger charge is 2.26. The number of fused-ring (bicyclic) bond motifs is 3. The van der Waals surface area contributed by atoms with Gasteiger partial charge in [0, 0.05) is 16.8 Å². The smallest absolute Gasteiger partial charge is 0.0641 e. The maximum Gasteiger partial charge on any atom is 0.0641 e. The lowest BCUT2D eigenvalue weighted by atomic mass is 9.86. The standard InChI is InChI=1S/C18H16N2/c1-12-18-17(14-9-5-6-10-16(14)20-18)15(11-19-12)13-7-3-2-4-8-13/h2-10,15,20H,11H2,1H3. The molecule has 2 aromatic carbocycles. The molecule has 98 valence electrons. The summed E-state index contributed by atoms with van der Waals surface area (Å²) in [4.78, 5) is 8.24. The van der Waals surface area contributed by atoms with Gasteiger partial charge in [0.25, 0.3) is 0 Å². The topological polar surface area (TPSA) is 28.1 Å². The van der Waals surface area contributed by atoms with Gasteiger partial charge in [0.1, 0.15) is 0 Å². The minimum absolute atomic E-state index is 0.353. The zero-order valence-corrected chi connectivity index (χ0v) is 11.4. The molecule has 1 aromatic heterocycles. The summed E-state index contributed by atoms with van der Waals surface area (Å²) in [5, 5.41) is 1.32. The summed E-state index contributed by atoms with van der Waals surface area (Å²) in [6.45, 7) is 2.93. The largest absolute Gasteiger partial charge is 0.353 e. The molecule has 3 aromatic rings. The molecule has 2 heteroatoms. The van der Waals surface area contributed by atoms with Crippen LogP contribution < -0.4 is 0 Å². The number of rotatable bonds is 1. The summed E-state index contributed by atoms with van der Waals surface area (Å²) < 4.78 is 0. The van der Waals surface area contributed by atoms with Gasteiger partial charge in [-0.25, -0.2) is 0 Å². The molecule has 0 spiro atoms. The Kier molecular flexibility index (Phi) is 2.49. The second-order valence-corrected chi connectivity index (χ2v) is 5.35. The van der Waals surface area contributed by atoms with E-state index in [1.165, 1.54) is 27.7 Å². The van der Waals surface area contributed by atoms with Crippen LogP contribution in [0.5, 0.6) is 0 Å². The van der Waals surface area contributed by atoms with Crippen LogP contribution >= 0.6 is 0 Å². The van der Waals surface area contributed by atoms with Gasteiger partial charge in [0.15, 0.2) is 0 Å². The molecule has 0 fully saturated rings. The Morgan fingerprint density at radius 2 is 1.75 bits per heavy atom. The molecule has 1 aliphatic heterocycles. The van der Waals surface area contributed by atoms with E-state index in [-0.39, 0.29) is 0 Å². The zero-order chi connectivity index (χ0) is 13.5. The van der Waals surface area contributed by atoms with Crippen molar-refractivity contribution in [3.05, 3.63) is 71.4 Å². The third-order valence-electron chi connectivity index (χ3n) is 4.17. The summed E-state index contributed by atoms with van der Waals surface area (Å²) in [7, 11) is 0. The van der Waals surface area contributed by atoms with Crippen LogP contribution in [0.2, 0.25) is 0 Å². The summed E-state index contributed by atoms with van der Waals surface area (Å²) in [5.74, 6) is 0.353. The molecular weight excluding hydrogens is 244 g/mol. The molecule has 4 rings (SSSR count). The first-order valence-corrected chi connectivity index (χ1v) is 7.01. The number of aromatic nitrogens is 1. The Balaban J connectivity index is 1.99. The molecule has 0 saturated heterocycles. The number of hydrogen-bond acceptors (Lipinski definition) is 1. The highest BCUT2D eigenvalue weighted by Crippen LogP contribution is 2.36. The van der Waals surface area contributed by atoms with Gasteiger partial charge in [-0.2, -0.15) is 0 Å². The molecule has 0 saturated carbocycles. The molecular formula is C18H16N2. The first-order valence-electron chi connectivity index (χ1n) is 7.01. The SMILES string of the molecule is CC1=NCC(c2ccccc2)c2c1[nH]c1ccccc21. The average molecular weight is 260 g/mol. The van der Waals surface area contributed by atoms with Crippen molar-refractivity contribution in [2.24, 2.45) is 4.99 Å². The second kappa shape index (κ2) is 4.34. The minimum atomic E-state index is 0.353. The second-order valence-electron chi connectivity index (χ2n) is 5.35. The van der Waals surface area contributed by atoms with E-state index in [9.17, 15) is 0 Å². The normalized spacial score (nSPS) is 17.9. The van der Waals surface area contributed by atoms with E-state index < -0.39 is 0 Å². The van der Waals surface area contributed by atoms with Crippen LogP contribution in [0.1, 0.15) is 29.7 Å². The van der Waals surface area contributed by atoms with Crippen molar-refractivity contribution in [3.8, 4) is 0 Å². The lowest BCUT2D eigenvalue weighted by Gasteiger charge is -2.21. The van der Waals surface area contributed by atoms with Crippen LogP contribution in [0, 0.1) is 0 Å². The zero-order valence-electron chi connectivity index (χ0n) is 11.4. The van der Waals surface area contributed by atoms with Gasteiger partial charge >= 0.3 is 0 Å². The first-order chi connectivity index (χ1) is 9.84. The van der Waals surface area contributed by atoms with Crippen molar-refractivity contribution in [3.63, 3.8) is 0 Å². The van der Waals surface area contributed by atoms with Crippen LogP contribution in [-0.4, -0.2) is 17.2 Å². The molecule has 2 nitrogen and oxygen atoms in total. The van der Waals surface area contributed by atoms with Gasteiger partial charge < -0.3 is 4.98 Å². The Hall–Kier alpha value is -2.35. The molecule has 1 N–H and O–H groups in total. The monoisotopic (exact) mass is 260 g/mol. The molecule has 0 radical (unpaired) electrons. The van der Waals surface area contributed by atoms with Crippen molar-refractivity contribution in [2.75, 3.05) is 6.54 Å². The van der Waals surface area contributed by atoms with Crippen molar-refractivity contribution < 1.29 is 0 Å². The quantitative estimate of drug-likeness (QED) is 0.681. The molecule has 1 aliphatic rings. The molecule has 2 heterocycles. The molecule has 0 aliphatic carbocycles. The number of hydrogen-bond donors (Lipinski definition) is 1. The lowest BCUT2D eigenvalue weighted by molar-refractivity contribution is 0.807. The molecule has 1 unspecified atom stereocenters. The number of aromatic amines is 1. The highest BCUT2D eigenvalue weighted by molar-refractivity contribution is 6.05. The Morgan fingerprint density at radius 3 is 2.60 bits per heavy atom. The first kappa shape index (κ1) is 11.5. The maximum atomic E-state index is 4.71. The predicted molar refractivity (Wildman–Crippen MR) is 83.7 cm³/mol. The van der Waals surface area contributed by atoms with Gasteiger partial charge in [0.05, 0.1) is 18.0 Å².